The van der Waals surface area contributed by atoms with Gasteiger partial charge in [-0.05, 0) is 47.6 Å². The van der Waals surface area contributed by atoms with Crippen LogP contribution in [-0.4, -0.2) is 9.78 Å². The number of hydrogen-bond acceptors (Lipinski definition) is 1. The van der Waals surface area contributed by atoms with Crippen LogP contribution in [0.15, 0.2) is 24.4 Å². The Morgan fingerprint density at radius 3 is 2.65 bits per heavy atom. The summed E-state index contributed by atoms with van der Waals surface area (Å²) in [5, 5.41) is 5.89. The first-order chi connectivity index (χ1) is 8.34. The van der Waals surface area contributed by atoms with Gasteiger partial charge in [0, 0.05) is 8.96 Å². The predicted octanol–water partition coefficient (Wildman–Crippen LogP) is 4.54. The average molecular weight is 340 g/mol. The molecule has 1 fully saturated rings. The molecule has 0 saturated heterocycles. The zero-order chi connectivity index (χ0) is 11.7. The SMILES string of the molecule is Ic1ccc2cnn(C3CCCCCC3)c2c1. The van der Waals surface area contributed by atoms with Crippen molar-refractivity contribution in [1.82, 2.24) is 9.78 Å². The molecule has 0 bridgehead atoms. The van der Waals surface area contributed by atoms with Crippen LogP contribution in [-0.2, 0) is 0 Å². The third-order valence-corrected chi connectivity index (χ3v) is 4.40. The van der Waals surface area contributed by atoms with Gasteiger partial charge in [-0.1, -0.05) is 31.7 Å². The van der Waals surface area contributed by atoms with Crippen LogP contribution >= 0.6 is 22.6 Å². The molecule has 3 heteroatoms. The third kappa shape index (κ3) is 2.34. The fraction of sp³-hybridized carbons (Fsp3) is 0.500. The van der Waals surface area contributed by atoms with Gasteiger partial charge in [0.2, 0.25) is 0 Å². The first-order valence-corrected chi connectivity index (χ1v) is 7.55. The van der Waals surface area contributed by atoms with Crippen LogP contribution in [0.5, 0.6) is 0 Å². The van der Waals surface area contributed by atoms with E-state index in [0.717, 1.165) is 0 Å². The molecule has 0 N–H and O–H groups in total. The first kappa shape index (κ1) is 11.5. The van der Waals surface area contributed by atoms with Crippen molar-refractivity contribution >= 4 is 33.5 Å². The summed E-state index contributed by atoms with van der Waals surface area (Å²) in [5.74, 6) is 0. The number of aromatic nitrogens is 2. The van der Waals surface area contributed by atoms with Crippen LogP contribution < -0.4 is 0 Å². The van der Waals surface area contributed by atoms with E-state index in [9.17, 15) is 0 Å². The van der Waals surface area contributed by atoms with Crippen molar-refractivity contribution in [2.75, 3.05) is 0 Å². The monoisotopic (exact) mass is 340 g/mol. The molecular weight excluding hydrogens is 323 g/mol. The molecule has 3 rings (SSSR count). The van der Waals surface area contributed by atoms with Crippen LogP contribution in [0.3, 0.4) is 0 Å². The summed E-state index contributed by atoms with van der Waals surface area (Å²) >= 11 is 2.38. The maximum atomic E-state index is 4.62. The number of rotatable bonds is 1. The highest BCUT2D eigenvalue weighted by Crippen LogP contribution is 2.29. The Morgan fingerprint density at radius 1 is 1.12 bits per heavy atom. The van der Waals surface area contributed by atoms with Crippen molar-refractivity contribution in [3.05, 3.63) is 28.0 Å². The quantitative estimate of drug-likeness (QED) is 0.551. The van der Waals surface area contributed by atoms with Gasteiger partial charge in [-0.3, -0.25) is 4.68 Å². The molecule has 1 aliphatic rings. The molecule has 2 aromatic rings. The number of benzene rings is 1. The van der Waals surface area contributed by atoms with Crippen molar-refractivity contribution in [3.8, 4) is 0 Å². The largest absolute Gasteiger partial charge is 0.262 e. The van der Waals surface area contributed by atoms with E-state index in [1.165, 1.54) is 53.0 Å². The summed E-state index contributed by atoms with van der Waals surface area (Å²) < 4.78 is 3.56. The van der Waals surface area contributed by atoms with Crippen LogP contribution in [0.2, 0.25) is 0 Å². The van der Waals surface area contributed by atoms with Crippen LogP contribution in [0.4, 0.5) is 0 Å². The van der Waals surface area contributed by atoms with Gasteiger partial charge in [-0.25, -0.2) is 0 Å². The Kier molecular flexibility index (Phi) is 3.36. The van der Waals surface area contributed by atoms with Crippen LogP contribution in [0.1, 0.15) is 44.6 Å². The zero-order valence-corrected chi connectivity index (χ0v) is 12.1. The maximum Gasteiger partial charge on any atom is 0.0696 e. The molecule has 0 radical (unpaired) electrons. The van der Waals surface area contributed by atoms with Gasteiger partial charge < -0.3 is 0 Å². The molecule has 1 heterocycles. The molecule has 17 heavy (non-hydrogen) atoms. The first-order valence-electron chi connectivity index (χ1n) is 6.47. The fourth-order valence-electron chi connectivity index (χ4n) is 2.80. The van der Waals surface area contributed by atoms with Gasteiger partial charge in [0.25, 0.3) is 0 Å². The lowest BCUT2D eigenvalue weighted by molar-refractivity contribution is 0.417. The lowest BCUT2D eigenvalue weighted by Crippen LogP contribution is -2.09. The molecule has 0 aliphatic heterocycles. The minimum atomic E-state index is 0.619. The van der Waals surface area contributed by atoms with Gasteiger partial charge in [0.1, 0.15) is 0 Å². The number of nitrogens with zero attached hydrogens (tertiary/aromatic N) is 2. The van der Waals surface area contributed by atoms with Gasteiger partial charge >= 0.3 is 0 Å². The zero-order valence-electron chi connectivity index (χ0n) is 9.90. The number of halogens is 1. The normalized spacial score (nSPS) is 18.4. The molecule has 90 valence electrons. The lowest BCUT2D eigenvalue weighted by Gasteiger charge is -2.16. The highest BCUT2D eigenvalue weighted by atomic mass is 127. The molecule has 1 saturated carbocycles. The maximum absolute atomic E-state index is 4.62. The second-order valence-corrected chi connectivity index (χ2v) is 6.18. The van der Waals surface area contributed by atoms with Gasteiger partial charge in [-0.15, -0.1) is 0 Å². The molecular formula is C14H17IN2. The van der Waals surface area contributed by atoms with Crippen molar-refractivity contribution in [3.63, 3.8) is 0 Å². The summed E-state index contributed by atoms with van der Waals surface area (Å²) in [7, 11) is 0. The van der Waals surface area contributed by atoms with E-state index in [1.807, 2.05) is 6.20 Å². The van der Waals surface area contributed by atoms with Crippen LogP contribution in [0, 0.1) is 3.57 Å². The number of hydrogen-bond donors (Lipinski definition) is 0. The molecule has 0 unspecified atom stereocenters. The molecule has 0 spiro atoms. The predicted molar refractivity (Wildman–Crippen MR) is 79.2 cm³/mol. The van der Waals surface area contributed by atoms with Gasteiger partial charge in [-0.2, -0.15) is 5.10 Å². The van der Waals surface area contributed by atoms with Gasteiger partial charge in [0.15, 0.2) is 0 Å². The van der Waals surface area contributed by atoms with E-state index < -0.39 is 0 Å². The second kappa shape index (κ2) is 4.96. The summed E-state index contributed by atoms with van der Waals surface area (Å²) in [5.41, 5.74) is 1.31. The lowest BCUT2D eigenvalue weighted by atomic mass is 10.1. The summed E-state index contributed by atoms with van der Waals surface area (Å²) in [6.45, 7) is 0. The topological polar surface area (TPSA) is 17.8 Å². The summed E-state index contributed by atoms with van der Waals surface area (Å²) in [6, 6.07) is 7.21. The molecule has 0 amide bonds. The molecule has 1 aliphatic carbocycles. The molecule has 1 aromatic heterocycles. The Hall–Kier alpha value is -0.580. The average Bonchev–Trinajstić information content (AvgIpc) is 2.58. The molecule has 0 atom stereocenters. The second-order valence-electron chi connectivity index (χ2n) is 4.94. The number of fused-ring (bicyclic) bond motifs is 1. The standard InChI is InChI=1S/C14H17IN2/c15-12-8-7-11-10-16-17(14(11)9-12)13-5-3-1-2-4-6-13/h7-10,13H,1-6H2. The van der Waals surface area contributed by atoms with E-state index in [1.54, 1.807) is 0 Å². The minimum absolute atomic E-state index is 0.619. The molecule has 1 aromatic carbocycles. The van der Waals surface area contributed by atoms with Crippen molar-refractivity contribution < 1.29 is 0 Å². The van der Waals surface area contributed by atoms with E-state index in [2.05, 4.69) is 50.6 Å². The van der Waals surface area contributed by atoms with Crippen LogP contribution in [0.25, 0.3) is 10.9 Å². The van der Waals surface area contributed by atoms with E-state index in [0.29, 0.717) is 6.04 Å². The van der Waals surface area contributed by atoms with E-state index in [4.69, 9.17) is 0 Å². The van der Waals surface area contributed by atoms with E-state index in [-0.39, 0.29) is 0 Å². The Balaban J connectivity index is 2.00. The smallest absolute Gasteiger partial charge is 0.0696 e. The molecule has 2 nitrogen and oxygen atoms in total. The highest BCUT2D eigenvalue weighted by Gasteiger charge is 2.16. The summed E-state index contributed by atoms with van der Waals surface area (Å²) in [6.07, 6.45) is 10.1. The Labute approximate surface area is 116 Å². The van der Waals surface area contributed by atoms with E-state index >= 15 is 0 Å². The fourth-order valence-corrected chi connectivity index (χ4v) is 3.28. The Morgan fingerprint density at radius 2 is 1.88 bits per heavy atom. The van der Waals surface area contributed by atoms with Crippen molar-refractivity contribution in [1.29, 1.82) is 0 Å². The summed E-state index contributed by atoms with van der Waals surface area (Å²) in [4.78, 5) is 0. The minimum Gasteiger partial charge on any atom is -0.262 e. The van der Waals surface area contributed by atoms with Gasteiger partial charge in [0.05, 0.1) is 17.8 Å². The van der Waals surface area contributed by atoms with Crippen molar-refractivity contribution in [2.45, 2.75) is 44.6 Å². The van der Waals surface area contributed by atoms with Crippen molar-refractivity contribution in [2.24, 2.45) is 0 Å². The highest BCUT2D eigenvalue weighted by molar-refractivity contribution is 14.1. The Bertz CT molecular complexity index is 510. The third-order valence-electron chi connectivity index (χ3n) is 3.73.